The lowest BCUT2D eigenvalue weighted by molar-refractivity contribution is 0.731. The van der Waals surface area contributed by atoms with E-state index in [4.69, 9.17) is 11.6 Å². The van der Waals surface area contributed by atoms with Crippen molar-refractivity contribution >= 4 is 17.5 Å². The molecule has 0 saturated carbocycles. The summed E-state index contributed by atoms with van der Waals surface area (Å²) >= 11 is 6.00. The fourth-order valence-electron chi connectivity index (χ4n) is 1.81. The third-order valence-electron chi connectivity index (χ3n) is 2.49. The first kappa shape index (κ1) is 8.88. The summed E-state index contributed by atoms with van der Waals surface area (Å²) in [5, 5.41) is 0.740. The summed E-state index contributed by atoms with van der Waals surface area (Å²) in [6.45, 7) is 5.22. The Morgan fingerprint density at radius 2 is 2.15 bits per heavy atom. The summed E-state index contributed by atoms with van der Waals surface area (Å²) in [4.78, 5) is 6.63. The summed E-state index contributed by atoms with van der Waals surface area (Å²) < 4.78 is 2.05. The van der Waals surface area contributed by atoms with Crippen LogP contribution in [0.2, 0.25) is 5.15 Å². The zero-order chi connectivity index (χ0) is 9.26. The van der Waals surface area contributed by atoms with Crippen molar-refractivity contribution in [3.8, 4) is 0 Å². The van der Waals surface area contributed by atoms with E-state index >= 15 is 0 Å². The molecule has 1 fully saturated rings. The Labute approximate surface area is 83.3 Å². The molecule has 0 unspecified atom stereocenters. The van der Waals surface area contributed by atoms with Crippen molar-refractivity contribution in [2.24, 2.45) is 0 Å². The van der Waals surface area contributed by atoms with E-state index in [9.17, 15) is 0 Å². The number of hydrogen-bond acceptors (Lipinski definition) is 2. The van der Waals surface area contributed by atoms with Gasteiger partial charge in [0, 0.05) is 19.6 Å². The Balaban J connectivity index is 2.27. The molecule has 0 amide bonds. The van der Waals surface area contributed by atoms with Gasteiger partial charge in [-0.3, -0.25) is 0 Å². The van der Waals surface area contributed by atoms with Gasteiger partial charge < -0.3 is 9.47 Å². The highest BCUT2D eigenvalue weighted by Crippen LogP contribution is 2.22. The van der Waals surface area contributed by atoms with E-state index in [-0.39, 0.29) is 0 Å². The van der Waals surface area contributed by atoms with Crippen LogP contribution in [0.5, 0.6) is 0 Å². The zero-order valence-corrected chi connectivity index (χ0v) is 8.59. The molecule has 2 heterocycles. The van der Waals surface area contributed by atoms with E-state index in [1.54, 1.807) is 6.20 Å². The SMILES string of the molecule is CCn1c(Cl)cnc1N1CCCC1. The predicted octanol–water partition coefficient (Wildman–Crippen LogP) is 2.16. The highest BCUT2D eigenvalue weighted by molar-refractivity contribution is 6.29. The van der Waals surface area contributed by atoms with Crippen LogP contribution in [0.4, 0.5) is 5.95 Å². The Morgan fingerprint density at radius 1 is 1.46 bits per heavy atom. The third kappa shape index (κ3) is 1.53. The number of rotatable bonds is 2. The summed E-state index contributed by atoms with van der Waals surface area (Å²) in [5.41, 5.74) is 0. The number of aromatic nitrogens is 2. The molecule has 1 aromatic heterocycles. The molecule has 13 heavy (non-hydrogen) atoms. The van der Waals surface area contributed by atoms with E-state index in [1.807, 2.05) is 4.57 Å². The van der Waals surface area contributed by atoms with Gasteiger partial charge in [-0.15, -0.1) is 0 Å². The second-order valence-electron chi connectivity index (χ2n) is 3.32. The van der Waals surface area contributed by atoms with Gasteiger partial charge in [-0.25, -0.2) is 4.98 Å². The van der Waals surface area contributed by atoms with Crippen molar-refractivity contribution in [3.63, 3.8) is 0 Å². The lowest BCUT2D eigenvalue weighted by Gasteiger charge is -2.17. The molecule has 0 radical (unpaired) electrons. The molecular formula is C9H14ClN3. The van der Waals surface area contributed by atoms with Crippen molar-refractivity contribution in [1.82, 2.24) is 9.55 Å². The molecule has 0 atom stereocenters. The monoisotopic (exact) mass is 199 g/mol. The lowest BCUT2D eigenvalue weighted by atomic mass is 10.4. The normalized spacial score (nSPS) is 16.9. The van der Waals surface area contributed by atoms with Gasteiger partial charge in [0.05, 0.1) is 6.20 Å². The molecule has 0 aromatic carbocycles. The summed E-state index contributed by atoms with van der Waals surface area (Å²) in [6.07, 6.45) is 4.28. The fraction of sp³-hybridized carbons (Fsp3) is 0.667. The predicted molar refractivity (Wildman–Crippen MR) is 54.4 cm³/mol. The van der Waals surface area contributed by atoms with Crippen LogP contribution in [-0.4, -0.2) is 22.6 Å². The van der Waals surface area contributed by atoms with Crippen LogP contribution >= 0.6 is 11.6 Å². The van der Waals surface area contributed by atoms with Gasteiger partial charge in [-0.05, 0) is 19.8 Å². The molecule has 3 nitrogen and oxygen atoms in total. The molecule has 2 rings (SSSR count). The third-order valence-corrected chi connectivity index (χ3v) is 2.79. The molecule has 1 aromatic rings. The van der Waals surface area contributed by atoms with Gasteiger partial charge in [-0.1, -0.05) is 11.6 Å². The van der Waals surface area contributed by atoms with Gasteiger partial charge in [0.1, 0.15) is 5.15 Å². The van der Waals surface area contributed by atoms with E-state index < -0.39 is 0 Å². The Hall–Kier alpha value is -0.700. The minimum absolute atomic E-state index is 0.740. The molecule has 0 spiro atoms. The second-order valence-corrected chi connectivity index (χ2v) is 3.71. The maximum absolute atomic E-state index is 6.00. The van der Waals surface area contributed by atoms with Gasteiger partial charge in [0.2, 0.25) is 5.95 Å². The Kier molecular flexibility index (Phi) is 2.44. The van der Waals surface area contributed by atoms with Crippen molar-refractivity contribution in [2.45, 2.75) is 26.3 Å². The van der Waals surface area contributed by atoms with Crippen molar-refractivity contribution in [2.75, 3.05) is 18.0 Å². The minimum Gasteiger partial charge on any atom is -0.342 e. The number of halogens is 1. The van der Waals surface area contributed by atoms with Gasteiger partial charge in [-0.2, -0.15) is 0 Å². The molecule has 1 aliphatic heterocycles. The lowest BCUT2D eigenvalue weighted by Crippen LogP contribution is -2.22. The second kappa shape index (κ2) is 3.58. The molecule has 1 aliphatic rings. The van der Waals surface area contributed by atoms with Crippen LogP contribution in [0.3, 0.4) is 0 Å². The van der Waals surface area contributed by atoms with Gasteiger partial charge >= 0.3 is 0 Å². The van der Waals surface area contributed by atoms with Gasteiger partial charge in [0.25, 0.3) is 0 Å². The molecule has 72 valence electrons. The topological polar surface area (TPSA) is 21.1 Å². The van der Waals surface area contributed by atoms with E-state index in [1.165, 1.54) is 12.8 Å². The minimum atomic E-state index is 0.740. The molecule has 4 heteroatoms. The van der Waals surface area contributed by atoms with Crippen molar-refractivity contribution in [1.29, 1.82) is 0 Å². The number of anilines is 1. The Morgan fingerprint density at radius 3 is 2.77 bits per heavy atom. The van der Waals surface area contributed by atoms with Crippen LogP contribution in [0.1, 0.15) is 19.8 Å². The quantitative estimate of drug-likeness (QED) is 0.728. The fourth-order valence-corrected chi connectivity index (χ4v) is 2.05. The molecule has 0 aliphatic carbocycles. The molecule has 1 saturated heterocycles. The maximum atomic E-state index is 6.00. The van der Waals surface area contributed by atoms with Crippen LogP contribution in [0, 0.1) is 0 Å². The molecule has 0 bridgehead atoms. The highest BCUT2D eigenvalue weighted by Gasteiger charge is 2.17. The van der Waals surface area contributed by atoms with E-state index in [0.29, 0.717) is 0 Å². The average molecular weight is 200 g/mol. The zero-order valence-electron chi connectivity index (χ0n) is 7.83. The first-order valence-electron chi connectivity index (χ1n) is 4.79. The average Bonchev–Trinajstić information content (AvgIpc) is 2.71. The van der Waals surface area contributed by atoms with Gasteiger partial charge in [0.15, 0.2) is 0 Å². The van der Waals surface area contributed by atoms with Crippen LogP contribution in [-0.2, 0) is 6.54 Å². The Bertz CT molecular complexity index is 289. The summed E-state index contributed by atoms with van der Waals surface area (Å²) in [6, 6.07) is 0. The summed E-state index contributed by atoms with van der Waals surface area (Å²) in [7, 11) is 0. The number of nitrogens with zero attached hydrogens (tertiary/aromatic N) is 3. The first-order valence-corrected chi connectivity index (χ1v) is 5.16. The van der Waals surface area contributed by atoms with Crippen molar-refractivity contribution in [3.05, 3.63) is 11.3 Å². The van der Waals surface area contributed by atoms with Crippen molar-refractivity contribution < 1.29 is 0 Å². The van der Waals surface area contributed by atoms with E-state index in [0.717, 1.165) is 30.7 Å². The first-order chi connectivity index (χ1) is 6.33. The maximum Gasteiger partial charge on any atom is 0.206 e. The van der Waals surface area contributed by atoms with Crippen LogP contribution in [0.25, 0.3) is 0 Å². The summed E-state index contributed by atoms with van der Waals surface area (Å²) in [5.74, 6) is 1.03. The number of imidazole rings is 1. The molecule has 0 N–H and O–H groups in total. The van der Waals surface area contributed by atoms with Crippen LogP contribution < -0.4 is 4.90 Å². The van der Waals surface area contributed by atoms with E-state index in [2.05, 4.69) is 16.8 Å². The molecular weight excluding hydrogens is 186 g/mol. The van der Waals surface area contributed by atoms with Crippen LogP contribution in [0.15, 0.2) is 6.20 Å². The largest absolute Gasteiger partial charge is 0.342 e. The standard InChI is InChI=1S/C9H14ClN3/c1-2-13-8(10)7-11-9(13)12-5-3-4-6-12/h7H,2-6H2,1H3. The highest BCUT2D eigenvalue weighted by atomic mass is 35.5. The smallest absolute Gasteiger partial charge is 0.206 e. The number of hydrogen-bond donors (Lipinski definition) is 0.